The van der Waals surface area contributed by atoms with Gasteiger partial charge in [-0.05, 0) is 37.7 Å². The maximum absolute atomic E-state index is 13.5. The number of fused-ring (bicyclic) bond motifs is 1. The highest BCUT2D eigenvalue weighted by Gasteiger charge is 2.34. The molecule has 9 heteroatoms. The Morgan fingerprint density at radius 1 is 1.20 bits per heavy atom. The van der Waals surface area contributed by atoms with E-state index in [2.05, 4.69) is 19.9 Å². The topological polar surface area (TPSA) is 91.7 Å². The zero-order valence-electron chi connectivity index (χ0n) is 20.1. The Labute approximate surface area is 204 Å². The maximum Gasteiger partial charge on any atom is 0.259 e. The Balaban J connectivity index is 1.63. The van der Waals surface area contributed by atoms with E-state index in [0.717, 1.165) is 11.1 Å². The quantitative estimate of drug-likeness (QED) is 0.557. The third-order valence-corrected chi connectivity index (χ3v) is 6.27. The highest BCUT2D eigenvalue weighted by molar-refractivity contribution is 5.98. The fraction of sp³-hybridized carbons (Fsp3) is 0.385. The number of pyridine rings is 1. The van der Waals surface area contributed by atoms with Gasteiger partial charge in [-0.3, -0.25) is 9.69 Å². The van der Waals surface area contributed by atoms with E-state index in [1.54, 1.807) is 41.7 Å². The Morgan fingerprint density at radius 2 is 1.91 bits per heavy atom. The van der Waals surface area contributed by atoms with Crippen molar-refractivity contribution in [1.29, 1.82) is 0 Å². The average Bonchev–Trinajstić information content (AvgIpc) is 2.87. The molecule has 3 atom stereocenters. The number of hydrogen-bond donors (Lipinski definition) is 1. The number of aromatic nitrogens is 3. The molecule has 0 saturated heterocycles. The summed E-state index contributed by atoms with van der Waals surface area (Å²) in [7, 11) is 1.98. The van der Waals surface area contributed by atoms with Crippen molar-refractivity contribution in [3.8, 4) is 17.0 Å². The number of aliphatic hydroxyl groups excluding tert-OH is 1. The van der Waals surface area contributed by atoms with Crippen LogP contribution in [0.4, 0.5) is 4.39 Å². The van der Waals surface area contributed by atoms with Crippen LogP contribution in [0.3, 0.4) is 0 Å². The molecule has 1 aliphatic rings. The summed E-state index contributed by atoms with van der Waals surface area (Å²) in [6, 6.07) is 7.82. The molecule has 1 aliphatic heterocycles. The molecule has 0 fully saturated rings. The van der Waals surface area contributed by atoms with Crippen molar-refractivity contribution in [3.05, 3.63) is 72.2 Å². The van der Waals surface area contributed by atoms with Crippen LogP contribution < -0.4 is 4.74 Å². The summed E-state index contributed by atoms with van der Waals surface area (Å²) < 4.78 is 19.6. The molecule has 8 nitrogen and oxygen atoms in total. The molecule has 0 saturated carbocycles. The number of nitrogens with zero attached hydrogens (tertiary/aromatic N) is 5. The lowest BCUT2D eigenvalue weighted by atomic mass is 9.99. The van der Waals surface area contributed by atoms with Crippen LogP contribution in [0.25, 0.3) is 11.1 Å². The van der Waals surface area contributed by atoms with Crippen LogP contribution in [0.15, 0.2) is 55.2 Å². The van der Waals surface area contributed by atoms with Crippen molar-refractivity contribution >= 4 is 5.91 Å². The highest BCUT2D eigenvalue weighted by atomic mass is 19.1. The van der Waals surface area contributed by atoms with Gasteiger partial charge in [-0.1, -0.05) is 19.1 Å². The summed E-state index contributed by atoms with van der Waals surface area (Å²) >= 11 is 0. The molecule has 3 aromatic rings. The summed E-state index contributed by atoms with van der Waals surface area (Å²) in [5.41, 5.74) is 2.77. The molecule has 0 aliphatic carbocycles. The highest BCUT2D eigenvalue weighted by Crippen LogP contribution is 2.30. The molecule has 2 aromatic heterocycles. The van der Waals surface area contributed by atoms with Crippen molar-refractivity contribution in [2.45, 2.75) is 32.5 Å². The molecular formula is C26H30FN5O3. The number of aliphatic hydroxyl groups is 1. The fourth-order valence-corrected chi connectivity index (χ4v) is 4.20. The Hall–Kier alpha value is -3.43. The van der Waals surface area contributed by atoms with Gasteiger partial charge in [-0.25, -0.2) is 19.3 Å². The number of ether oxygens (including phenoxy) is 1. The van der Waals surface area contributed by atoms with Crippen LogP contribution in [-0.4, -0.2) is 74.7 Å². The van der Waals surface area contributed by atoms with Crippen molar-refractivity contribution in [1.82, 2.24) is 24.8 Å². The molecule has 184 valence electrons. The van der Waals surface area contributed by atoms with Gasteiger partial charge in [0.2, 0.25) is 5.88 Å². The van der Waals surface area contributed by atoms with Crippen LogP contribution in [0, 0.1) is 11.7 Å². The SMILES string of the molecule is C[C@H](CO)N1C[C@H](C)[C@H](CN(C)Cc2ccc(F)cc2)Oc2ncc(-c3cncnc3)cc2C1=O. The minimum atomic E-state index is -0.364. The number of carbonyl (C=O) groups is 1. The van der Waals surface area contributed by atoms with E-state index < -0.39 is 0 Å². The first kappa shape index (κ1) is 24.7. The summed E-state index contributed by atoms with van der Waals surface area (Å²) in [5, 5.41) is 9.84. The van der Waals surface area contributed by atoms with Gasteiger partial charge in [-0.2, -0.15) is 0 Å². The summed E-state index contributed by atoms with van der Waals surface area (Å²) in [6.45, 7) is 5.32. The van der Waals surface area contributed by atoms with E-state index in [9.17, 15) is 14.3 Å². The fourth-order valence-electron chi connectivity index (χ4n) is 4.20. The maximum atomic E-state index is 13.5. The van der Waals surface area contributed by atoms with Crippen LogP contribution in [-0.2, 0) is 6.54 Å². The average molecular weight is 480 g/mol. The third-order valence-electron chi connectivity index (χ3n) is 6.27. The zero-order chi connectivity index (χ0) is 24.9. The minimum Gasteiger partial charge on any atom is -0.472 e. The van der Waals surface area contributed by atoms with Crippen molar-refractivity contribution in [2.24, 2.45) is 5.92 Å². The molecule has 1 amide bonds. The van der Waals surface area contributed by atoms with Crippen molar-refractivity contribution in [3.63, 3.8) is 0 Å². The molecule has 4 rings (SSSR count). The van der Waals surface area contributed by atoms with E-state index in [-0.39, 0.29) is 42.3 Å². The Morgan fingerprint density at radius 3 is 2.60 bits per heavy atom. The number of amides is 1. The predicted molar refractivity (Wildman–Crippen MR) is 129 cm³/mol. The normalized spacial score (nSPS) is 19.0. The first-order valence-electron chi connectivity index (χ1n) is 11.6. The van der Waals surface area contributed by atoms with E-state index in [1.807, 2.05) is 20.9 Å². The van der Waals surface area contributed by atoms with Gasteiger partial charge in [0, 0.05) is 55.3 Å². The number of hydrogen-bond acceptors (Lipinski definition) is 7. The van der Waals surface area contributed by atoms with Gasteiger partial charge < -0.3 is 14.7 Å². The standard InChI is InChI=1S/C26H30FN5O3/c1-17-12-32(18(2)15-33)26(34)23-8-20(21-9-28-16-29-10-21)11-30-25(23)35-24(17)14-31(3)13-19-4-6-22(27)7-5-19/h4-11,16-18,24,33H,12-15H2,1-3H3/t17-,18+,24-/m0/s1. The first-order valence-corrected chi connectivity index (χ1v) is 11.6. The molecule has 1 aromatic carbocycles. The summed E-state index contributed by atoms with van der Waals surface area (Å²) in [5.74, 6) is -0.267. The molecule has 0 radical (unpaired) electrons. The van der Waals surface area contributed by atoms with E-state index in [4.69, 9.17) is 4.74 Å². The molecule has 0 bridgehead atoms. The van der Waals surface area contributed by atoms with Crippen LogP contribution >= 0.6 is 0 Å². The monoisotopic (exact) mass is 479 g/mol. The number of benzene rings is 1. The number of halogens is 1. The van der Waals surface area contributed by atoms with Crippen LogP contribution in [0.1, 0.15) is 29.8 Å². The Bertz CT molecular complexity index is 1150. The van der Waals surface area contributed by atoms with Gasteiger partial charge in [0.15, 0.2) is 0 Å². The molecule has 0 unspecified atom stereocenters. The van der Waals surface area contributed by atoms with Crippen molar-refractivity contribution < 1.29 is 19.0 Å². The number of carbonyl (C=O) groups excluding carboxylic acids is 1. The molecule has 35 heavy (non-hydrogen) atoms. The predicted octanol–water partition coefficient (Wildman–Crippen LogP) is 3.03. The lowest BCUT2D eigenvalue weighted by molar-refractivity contribution is 0.0325. The molecular weight excluding hydrogens is 449 g/mol. The summed E-state index contributed by atoms with van der Waals surface area (Å²) in [6.07, 6.45) is 6.15. The second-order valence-corrected chi connectivity index (χ2v) is 9.15. The second kappa shape index (κ2) is 10.9. The van der Waals surface area contributed by atoms with Gasteiger partial charge in [0.05, 0.1) is 12.6 Å². The van der Waals surface area contributed by atoms with Crippen molar-refractivity contribution in [2.75, 3.05) is 26.7 Å². The van der Waals surface area contributed by atoms with E-state index in [1.165, 1.54) is 18.5 Å². The van der Waals surface area contributed by atoms with Gasteiger partial charge in [-0.15, -0.1) is 0 Å². The van der Waals surface area contributed by atoms with E-state index >= 15 is 0 Å². The Kier molecular flexibility index (Phi) is 7.67. The number of likely N-dealkylation sites (N-methyl/N-ethyl adjacent to an activating group) is 1. The van der Waals surface area contributed by atoms with Gasteiger partial charge in [0.25, 0.3) is 5.91 Å². The molecule has 3 heterocycles. The van der Waals surface area contributed by atoms with Gasteiger partial charge >= 0.3 is 0 Å². The second-order valence-electron chi connectivity index (χ2n) is 9.15. The minimum absolute atomic E-state index is 0.0271. The lowest BCUT2D eigenvalue weighted by Gasteiger charge is -2.37. The molecule has 1 N–H and O–H groups in total. The molecule has 0 spiro atoms. The van der Waals surface area contributed by atoms with Crippen LogP contribution in [0.5, 0.6) is 5.88 Å². The number of rotatable bonds is 7. The van der Waals surface area contributed by atoms with E-state index in [0.29, 0.717) is 30.8 Å². The van der Waals surface area contributed by atoms with Crippen LogP contribution in [0.2, 0.25) is 0 Å². The van der Waals surface area contributed by atoms with Gasteiger partial charge in [0.1, 0.15) is 23.8 Å². The zero-order valence-corrected chi connectivity index (χ0v) is 20.1. The smallest absolute Gasteiger partial charge is 0.259 e. The summed E-state index contributed by atoms with van der Waals surface area (Å²) in [4.78, 5) is 29.9. The third kappa shape index (κ3) is 5.80. The first-order chi connectivity index (χ1) is 16.9. The largest absolute Gasteiger partial charge is 0.472 e. The lowest BCUT2D eigenvalue weighted by Crippen LogP contribution is -2.49.